The summed E-state index contributed by atoms with van der Waals surface area (Å²) in [6.07, 6.45) is 0. The van der Waals surface area contributed by atoms with Gasteiger partial charge in [0.2, 0.25) is 0 Å². The standard InChI is InChI=1S/2C17H14N2O5S.Ba/c2*1-24-12-7-8-14(16(10-12)25(21,22)23)18-19-17-13-5-3-2-4-11(13)6-9-15(17)20;/h2*2-10,20H,1H3,(H,21,22,23);/q;;+2/p-2. The zero-order chi connectivity index (χ0) is 36.1. The molecule has 6 aromatic rings. The topological polar surface area (TPSA) is 223 Å². The molecule has 0 unspecified atom stereocenters. The van der Waals surface area contributed by atoms with E-state index in [-0.39, 0.29) is 94.6 Å². The molecule has 0 heterocycles. The molecule has 51 heavy (non-hydrogen) atoms. The van der Waals surface area contributed by atoms with Gasteiger partial charge in [0.25, 0.3) is 0 Å². The molecule has 0 fully saturated rings. The Morgan fingerprint density at radius 1 is 0.529 bits per heavy atom. The van der Waals surface area contributed by atoms with Crippen molar-refractivity contribution in [3.63, 3.8) is 0 Å². The minimum absolute atomic E-state index is 0. The third-order valence-corrected chi connectivity index (χ3v) is 8.88. The van der Waals surface area contributed by atoms with E-state index in [1.165, 1.54) is 50.6 Å². The molecule has 14 nitrogen and oxygen atoms in total. The minimum Gasteiger partial charge on any atom is -0.744 e. The average Bonchev–Trinajstić information content (AvgIpc) is 3.10. The van der Waals surface area contributed by atoms with Gasteiger partial charge >= 0.3 is 48.9 Å². The third-order valence-electron chi connectivity index (χ3n) is 7.15. The summed E-state index contributed by atoms with van der Waals surface area (Å²) in [6, 6.07) is 28.5. The van der Waals surface area contributed by atoms with E-state index in [1.807, 2.05) is 24.3 Å². The fourth-order valence-corrected chi connectivity index (χ4v) is 5.96. The molecular formula is C34H26BaN4O10S2. The number of ether oxygens (including phenoxy) is 2. The summed E-state index contributed by atoms with van der Waals surface area (Å²) in [6.45, 7) is 0. The van der Waals surface area contributed by atoms with E-state index in [2.05, 4.69) is 20.5 Å². The molecule has 0 atom stereocenters. The van der Waals surface area contributed by atoms with E-state index in [0.717, 1.165) is 22.9 Å². The quantitative estimate of drug-likeness (QED) is 0.0879. The Hall–Kier alpha value is -4.37. The van der Waals surface area contributed by atoms with Crippen LogP contribution in [0.3, 0.4) is 0 Å². The number of azo groups is 2. The first-order chi connectivity index (χ1) is 23.8. The van der Waals surface area contributed by atoms with Gasteiger partial charge in [-0.25, -0.2) is 16.8 Å². The van der Waals surface area contributed by atoms with Crippen LogP contribution in [0.4, 0.5) is 22.7 Å². The number of rotatable bonds is 8. The van der Waals surface area contributed by atoms with Gasteiger partial charge in [0.1, 0.15) is 66.0 Å². The van der Waals surface area contributed by atoms with Gasteiger partial charge in [-0.05, 0) is 59.3 Å². The van der Waals surface area contributed by atoms with Crippen LogP contribution in [0.25, 0.3) is 21.5 Å². The summed E-state index contributed by atoms with van der Waals surface area (Å²) in [4.78, 5) is -1.09. The predicted molar refractivity (Wildman–Crippen MR) is 187 cm³/mol. The first-order valence-corrected chi connectivity index (χ1v) is 17.1. The van der Waals surface area contributed by atoms with Crippen molar-refractivity contribution >= 4 is 113 Å². The Morgan fingerprint density at radius 2 is 0.902 bits per heavy atom. The molecule has 6 aromatic carbocycles. The molecule has 0 radical (unpaired) electrons. The van der Waals surface area contributed by atoms with E-state index in [1.54, 1.807) is 36.4 Å². The Bertz CT molecular complexity index is 2340. The molecule has 2 N–H and O–H groups in total. The molecule has 0 bridgehead atoms. The Balaban J connectivity index is 0.000000224. The number of phenolic OH excluding ortho intramolecular Hbond substituents is 2. The predicted octanol–water partition coefficient (Wildman–Crippen LogP) is 7.37. The van der Waals surface area contributed by atoms with E-state index >= 15 is 0 Å². The molecule has 17 heteroatoms. The van der Waals surface area contributed by atoms with Crippen LogP contribution in [0.2, 0.25) is 0 Å². The molecular weight excluding hydrogens is 826 g/mol. The first-order valence-electron chi connectivity index (χ1n) is 14.3. The smallest absolute Gasteiger partial charge is 0.744 e. The van der Waals surface area contributed by atoms with E-state index < -0.39 is 30.0 Å². The first kappa shape index (κ1) is 39.4. The number of phenols is 2. The second-order valence-corrected chi connectivity index (χ2v) is 13.0. The minimum atomic E-state index is -4.77. The van der Waals surface area contributed by atoms with Crippen LogP contribution in [0.5, 0.6) is 23.0 Å². The SMILES string of the molecule is COc1ccc(N=Nc2c(O)ccc3ccccc23)c(S(=O)(=O)[O-])c1.COc1ccc(N=Nc2c(O)ccc3ccccc23)c(S(=O)(=O)[O-])c1.[Ba+2]. The van der Waals surface area contributed by atoms with Crippen molar-refractivity contribution < 1.29 is 45.6 Å². The fraction of sp³-hybridized carbons (Fsp3) is 0.0588. The van der Waals surface area contributed by atoms with Crippen molar-refractivity contribution in [1.29, 1.82) is 0 Å². The number of hydrogen-bond acceptors (Lipinski definition) is 14. The van der Waals surface area contributed by atoms with Crippen molar-refractivity contribution in [2.75, 3.05) is 14.2 Å². The van der Waals surface area contributed by atoms with Crippen molar-refractivity contribution in [1.82, 2.24) is 0 Å². The van der Waals surface area contributed by atoms with Crippen molar-refractivity contribution in [2.24, 2.45) is 20.5 Å². The molecule has 0 aliphatic heterocycles. The van der Waals surface area contributed by atoms with Crippen LogP contribution in [-0.2, 0) is 20.2 Å². The van der Waals surface area contributed by atoms with Crippen molar-refractivity contribution in [3.8, 4) is 23.0 Å². The molecule has 6 rings (SSSR count). The van der Waals surface area contributed by atoms with Crippen molar-refractivity contribution in [2.45, 2.75) is 9.79 Å². The summed E-state index contributed by atoms with van der Waals surface area (Å²) in [5.74, 6) is 0.202. The fourth-order valence-electron chi connectivity index (χ4n) is 4.71. The second kappa shape index (κ2) is 16.8. The van der Waals surface area contributed by atoms with Gasteiger partial charge in [-0.2, -0.15) is 0 Å². The summed E-state index contributed by atoms with van der Waals surface area (Å²) < 4.78 is 78.6. The normalized spacial score (nSPS) is 11.7. The van der Waals surface area contributed by atoms with Crippen LogP contribution in [0, 0.1) is 0 Å². The number of nitrogens with zero attached hydrogens (tertiary/aromatic N) is 4. The molecule has 0 saturated heterocycles. The molecule has 0 amide bonds. The number of fused-ring (bicyclic) bond motifs is 2. The zero-order valence-corrected chi connectivity index (χ0v) is 32.9. The molecule has 0 spiro atoms. The van der Waals surface area contributed by atoms with Crippen LogP contribution >= 0.6 is 0 Å². The van der Waals surface area contributed by atoms with Gasteiger partial charge in [-0.3, -0.25) is 0 Å². The second-order valence-electron chi connectivity index (χ2n) is 10.3. The molecule has 0 saturated carbocycles. The Kier molecular flexibility index (Phi) is 13.0. The van der Waals surface area contributed by atoms with Gasteiger partial charge < -0.3 is 28.8 Å². The number of benzene rings is 6. The maximum atomic E-state index is 11.5. The molecule has 0 aromatic heterocycles. The Labute approximate surface area is 332 Å². The van der Waals surface area contributed by atoms with Crippen LogP contribution in [0.1, 0.15) is 0 Å². The van der Waals surface area contributed by atoms with Gasteiger partial charge in [0, 0.05) is 10.8 Å². The van der Waals surface area contributed by atoms with Crippen LogP contribution in [0.15, 0.2) is 139 Å². The summed E-state index contributed by atoms with van der Waals surface area (Å²) in [5, 5.41) is 38.7. The van der Waals surface area contributed by atoms with Gasteiger partial charge in [-0.1, -0.05) is 60.7 Å². The maximum absolute atomic E-state index is 11.5. The number of aromatic hydroxyl groups is 2. The monoisotopic (exact) mass is 852 g/mol. The number of methoxy groups -OCH3 is 2. The molecule has 256 valence electrons. The van der Waals surface area contributed by atoms with E-state index in [0.29, 0.717) is 10.8 Å². The van der Waals surface area contributed by atoms with E-state index in [9.17, 15) is 36.2 Å². The van der Waals surface area contributed by atoms with Crippen LogP contribution in [-0.4, -0.2) is 99.3 Å². The summed E-state index contributed by atoms with van der Waals surface area (Å²) in [7, 11) is -6.83. The Morgan fingerprint density at radius 3 is 1.25 bits per heavy atom. The summed E-state index contributed by atoms with van der Waals surface area (Å²) >= 11 is 0. The van der Waals surface area contributed by atoms with Gasteiger partial charge in [-0.15, -0.1) is 20.5 Å². The third kappa shape index (κ3) is 9.50. The number of hydrogen-bond donors (Lipinski definition) is 2. The van der Waals surface area contributed by atoms with Crippen molar-refractivity contribution in [3.05, 3.63) is 109 Å². The largest absolute Gasteiger partial charge is 2.00 e. The van der Waals surface area contributed by atoms with Crippen LogP contribution < -0.4 is 9.47 Å². The van der Waals surface area contributed by atoms with Gasteiger partial charge in [0.15, 0.2) is 0 Å². The van der Waals surface area contributed by atoms with E-state index in [4.69, 9.17) is 9.47 Å². The molecule has 0 aliphatic rings. The zero-order valence-electron chi connectivity index (χ0n) is 26.9. The molecule has 0 aliphatic carbocycles. The average molecular weight is 852 g/mol. The van der Waals surface area contributed by atoms with Gasteiger partial charge in [0.05, 0.1) is 24.0 Å². The summed E-state index contributed by atoms with van der Waals surface area (Å²) in [5.41, 5.74) is 0.0950. The maximum Gasteiger partial charge on any atom is 2.00 e.